The summed E-state index contributed by atoms with van der Waals surface area (Å²) in [6, 6.07) is 9.09. The van der Waals surface area contributed by atoms with E-state index in [4.69, 9.17) is 9.47 Å². The molecule has 0 fully saturated rings. The Kier molecular flexibility index (Phi) is 5.73. The number of esters is 1. The van der Waals surface area contributed by atoms with Gasteiger partial charge in [0.25, 0.3) is 5.56 Å². The Morgan fingerprint density at radius 2 is 2.10 bits per heavy atom. The Hall–Kier alpha value is -3.30. The molecule has 0 amide bonds. The number of thiophene rings is 1. The fourth-order valence-corrected chi connectivity index (χ4v) is 4.27. The largest absolute Gasteiger partial charge is 0.490 e. The van der Waals surface area contributed by atoms with Crippen LogP contribution < -0.4 is 19.6 Å². The standard InChI is InChI=1S/C21H17N3O4S2/c1-3-27-17-11-14(6-8-16(17)28-13(2)25)12-18-20(26)24-21(30-18)22-19(23-24)9-7-15-5-4-10-29-15/h4-12H,3H2,1-2H3/b9-7+,18-12-. The normalized spacial score (nSPS) is 12.1. The van der Waals surface area contributed by atoms with Crippen LogP contribution in [0.25, 0.3) is 23.2 Å². The van der Waals surface area contributed by atoms with Gasteiger partial charge in [-0.25, -0.2) is 0 Å². The molecule has 0 N–H and O–H groups in total. The molecule has 0 aliphatic carbocycles. The van der Waals surface area contributed by atoms with Crippen molar-refractivity contribution in [2.45, 2.75) is 13.8 Å². The number of hydrogen-bond acceptors (Lipinski definition) is 8. The maximum atomic E-state index is 12.7. The van der Waals surface area contributed by atoms with E-state index in [0.29, 0.717) is 33.4 Å². The first-order valence-electron chi connectivity index (χ1n) is 9.11. The van der Waals surface area contributed by atoms with Crippen LogP contribution in [0, 0.1) is 0 Å². The van der Waals surface area contributed by atoms with Crippen molar-refractivity contribution < 1.29 is 14.3 Å². The number of nitrogens with zero attached hydrogens (tertiary/aromatic N) is 3. The van der Waals surface area contributed by atoms with Gasteiger partial charge >= 0.3 is 5.97 Å². The second-order valence-corrected chi connectivity index (χ2v) is 8.15. The molecule has 4 rings (SSSR count). The minimum atomic E-state index is -0.427. The number of benzene rings is 1. The minimum absolute atomic E-state index is 0.236. The van der Waals surface area contributed by atoms with Gasteiger partial charge in [0, 0.05) is 11.8 Å². The van der Waals surface area contributed by atoms with Gasteiger partial charge in [-0.1, -0.05) is 23.5 Å². The highest BCUT2D eigenvalue weighted by Gasteiger charge is 2.11. The number of fused-ring (bicyclic) bond motifs is 1. The molecule has 3 aromatic heterocycles. The summed E-state index contributed by atoms with van der Waals surface area (Å²) in [4.78, 5) is 30.0. The van der Waals surface area contributed by atoms with Gasteiger partial charge in [0.05, 0.1) is 11.1 Å². The Bertz CT molecular complexity index is 1340. The lowest BCUT2D eigenvalue weighted by Gasteiger charge is -2.10. The second kappa shape index (κ2) is 8.60. The van der Waals surface area contributed by atoms with E-state index in [0.717, 1.165) is 10.4 Å². The van der Waals surface area contributed by atoms with Crippen LogP contribution in [0.5, 0.6) is 11.5 Å². The molecule has 0 aliphatic rings. The average Bonchev–Trinajstić information content (AvgIpc) is 3.42. The number of ether oxygens (including phenoxy) is 2. The molecule has 0 radical (unpaired) electrons. The first-order valence-corrected chi connectivity index (χ1v) is 10.8. The molecule has 0 atom stereocenters. The van der Waals surface area contributed by atoms with Crippen LogP contribution in [0.1, 0.15) is 30.1 Å². The van der Waals surface area contributed by atoms with Crippen LogP contribution in [0.4, 0.5) is 0 Å². The molecule has 9 heteroatoms. The summed E-state index contributed by atoms with van der Waals surface area (Å²) in [6.45, 7) is 3.59. The predicted molar refractivity (Wildman–Crippen MR) is 118 cm³/mol. The molecular weight excluding hydrogens is 422 g/mol. The summed E-state index contributed by atoms with van der Waals surface area (Å²) in [5.41, 5.74) is 0.508. The quantitative estimate of drug-likeness (QED) is 0.339. The lowest BCUT2D eigenvalue weighted by Crippen LogP contribution is -2.23. The summed E-state index contributed by atoms with van der Waals surface area (Å²) in [6.07, 6.45) is 5.45. The van der Waals surface area contributed by atoms with E-state index in [1.54, 1.807) is 41.7 Å². The highest BCUT2D eigenvalue weighted by molar-refractivity contribution is 7.15. The smallest absolute Gasteiger partial charge is 0.308 e. The van der Waals surface area contributed by atoms with Gasteiger partial charge in [-0.15, -0.1) is 16.4 Å². The summed E-state index contributed by atoms with van der Waals surface area (Å²) in [5, 5.41) is 6.28. The highest BCUT2D eigenvalue weighted by Crippen LogP contribution is 2.29. The zero-order chi connectivity index (χ0) is 21.1. The zero-order valence-corrected chi connectivity index (χ0v) is 17.8. The van der Waals surface area contributed by atoms with E-state index in [-0.39, 0.29) is 5.56 Å². The van der Waals surface area contributed by atoms with E-state index in [1.165, 1.54) is 22.8 Å². The van der Waals surface area contributed by atoms with Gasteiger partial charge in [0.1, 0.15) is 0 Å². The van der Waals surface area contributed by atoms with Crippen molar-refractivity contribution in [1.82, 2.24) is 14.6 Å². The molecule has 0 saturated carbocycles. The molecule has 152 valence electrons. The third-order valence-corrected chi connectivity index (χ3v) is 5.75. The Labute approximate surface area is 179 Å². The molecule has 0 aliphatic heterocycles. The van der Waals surface area contributed by atoms with E-state index in [1.807, 2.05) is 30.5 Å². The number of thiazole rings is 1. The summed E-state index contributed by atoms with van der Waals surface area (Å²) >= 11 is 2.88. The van der Waals surface area contributed by atoms with Gasteiger partial charge in [0.15, 0.2) is 17.3 Å². The molecule has 3 heterocycles. The molecule has 30 heavy (non-hydrogen) atoms. The number of hydrogen-bond donors (Lipinski definition) is 0. The van der Waals surface area contributed by atoms with Crippen molar-refractivity contribution in [2.75, 3.05) is 6.61 Å². The Morgan fingerprint density at radius 1 is 1.23 bits per heavy atom. The molecule has 4 aromatic rings. The third-order valence-electron chi connectivity index (χ3n) is 3.96. The van der Waals surface area contributed by atoms with Crippen LogP contribution in [-0.2, 0) is 4.79 Å². The molecule has 7 nitrogen and oxygen atoms in total. The van der Waals surface area contributed by atoms with Crippen molar-refractivity contribution in [2.24, 2.45) is 0 Å². The molecule has 1 aromatic carbocycles. The van der Waals surface area contributed by atoms with Crippen LogP contribution in [-0.4, -0.2) is 27.2 Å². The van der Waals surface area contributed by atoms with Crippen LogP contribution in [0.2, 0.25) is 0 Å². The molecule has 0 saturated heterocycles. The Morgan fingerprint density at radius 3 is 2.80 bits per heavy atom. The maximum Gasteiger partial charge on any atom is 0.308 e. The van der Waals surface area contributed by atoms with Crippen molar-refractivity contribution in [3.8, 4) is 11.5 Å². The monoisotopic (exact) mass is 439 g/mol. The number of aromatic nitrogens is 3. The molecule has 0 spiro atoms. The Balaban J connectivity index is 1.66. The second-order valence-electron chi connectivity index (χ2n) is 6.16. The SMILES string of the molecule is CCOc1cc(/C=c2\sc3nc(/C=C/c4cccs4)nn3c2=O)ccc1OC(C)=O. The van der Waals surface area contributed by atoms with Gasteiger partial charge < -0.3 is 9.47 Å². The lowest BCUT2D eigenvalue weighted by atomic mass is 10.2. The lowest BCUT2D eigenvalue weighted by molar-refractivity contribution is -0.132. The number of carbonyl (C=O) groups excluding carboxylic acids is 1. The van der Waals surface area contributed by atoms with Gasteiger partial charge in [-0.2, -0.15) is 9.50 Å². The van der Waals surface area contributed by atoms with Crippen molar-refractivity contribution in [3.05, 3.63) is 66.9 Å². The molecular formula is C21H17N3O4S2. The van der Waals surface area contributed by atoms with E-state index < -0.39 is 5.97 Å². The number of rotatable bonds is 6. The van der Waals surface area contributed by atoms with Crippen LogP contribution >= 0.6 is 22.7 Å². The maximum absolute atomic E-state index is 12.7. The fraction of sp³-hybridized carbons (Fsp3) is 0.143. The fourth-order valence-electron chi connectivity index (χ4n) is 2.74. The summed E-state index contributed by atoms with van der Waals surface area (Å²) in [7, 11) is 0. The van der Waals surface area contributed by atoms with Crippen molar-refractivity contribution >= 4 is 51.8 Å². The average molecular weight is 440 g/mol. The van der Waals surface area contributed by atoms with E-state index >= 15 is 0 Å². The van der Waals surface area contributed by atoms with E-state index in [2.05, 4.69) is 10.1 Å². The first kappa shape index (κ1) is 20.0. The molecule has 0 unspecified atom stereocenters. The van der Waals surface area contributed by atoms with Crippen LogP contribution in [0.15, 0.2) is 40.5 Å². The minimum Gasteiger partial charge on any atom is -0.490 e. The van der Waals surface area contributed by atoms with E-state index in [9.17, 15) is 9.59 Å². The first-order chi connectivity index (χ1) is 14.5. The van der Waals surface area contributed by atoms with Gasteiger partial charge in [-0.05, 0) is 54.3 Å². The number of carbonyl (C=O) groups is 1. The van der Waals surface area contributed by atoms with Crippen molar-refractivity contribution in [1.29, 1.82) is 0 Å². The van der Waals surface area contributed by atoms with Gasteiger partial charge in [0.2, 0.25) is 4.96 Å². The summed E-state index contributed by atoms with van der Waals surface area (Å²) < 4.78 is 12.5. The topological polar surface area (TPSA) is 82.8 Å². The zero-order valence-electron chi connectivity index (χ0n) is 16.2. The predicted octanol–water partition coefficient (Wildman–Crippen LogP) is 3.25. The van der Waals surface area contributed by atoms with Crippen molar-refractivity contribution in [3.63, 3.8) is 0 Å². The summed E-state index contributed by atoms with van der Waals surface area (Å²) in [5.74, 6) is 0.842. The van der Waals surface area contributed by atoms with Crippen LogP contribution in [0.3, 0.4) is 0 Å². The van der Waals surface area contributed by atoms with Gasteiger partial charge in [-0.3, -0.25) is 9.59 Å². The molecule has 0 bridgehead atoms. The highest BCUT2D eigenvalue weighted by atomic mass is 32.1. The third kappa shape index (κ3) is 4.32.